The first-order valence-corrected chi connectivity index (χ1v) is 11.6. The highest BCUT2D eigenvalue weighted by Crippen LogP contribution is 2.50. The molecule has 2 aliphatic rings. The maximum Gasteiger partial charge on any atom is 0.307 e. The first-order chi connectivity index (χ1) is 17.3. The summed E-state index contributed by atoms with van der Waals surface area (Å²) in [5, 5.41) is 11.6. The van der Waals surface area contributed by atoms with E-state index in [1.54, 1.807) is 30.3 Å². The Balaban J connectivity index is 1.87. The molecule has 0 unspecified atom stereocenters. The molecule has 184 valence electrons. The van der Waals surface area contributed by atoms with Crippen LogP contribution in [-0.4, -0.2) is 35.0 Å². The minimum Gasteiger partial charge on any atom is -0.469 e. The van der Waals surface area contributed by atoms with Crippen LogP contribution in [0, 0.1) is 23.0 Å². The van der Waals surface area contributed by atoms with Crippen molar-refractivity contribution < 1.29 is 27.9 Å². The lowest BCUT2D eigenvalue weighted by atomic mass is 9.82. The molecule has 2 atom stereocenters. The Hall–Kier alpha value is -4.17. The molecule has 36 heavy (non-hydrogen) atoms. The van der Waals surface area contributed by atoms with E-state index in [1.165, 1.54) is 7.11 Å². The predicted molar refractivity (Wildman–Crippen MR) is 126 cm³/mol. The highest BCUT2D eigenvalue weighted by Gasteiger charge is 2.49. The molecule has 2 heterocycles. The van der Waals surface area contributed by atoms with Crippen molar-refractivity contribution in [3.8, 4) is 6.07 Å². The SMILES string of the molecule is COC(=O)C[C@@H]1SC2=C(C(=O)NCc3ccccc3)[C@@H](c3c(F)cccc3F)C(C#N)=C(N)N2C1=O. The molecule has 2 aliphatic heterocycles. The lowest BCUT2D eigenvalue weighted by molar-refractivity contribution is -0.142. The van der Waals surface area contributed by atoms with Crippen LogP contribution >= 0.6 is 11.8 Å². The zero-order valence-corrected chi connectivity index (χ0v) is 19.8. The van der Waals surface area contributed by atoms with E-state index >= 15 is 0 Å². The molecule has 0 bridgehead atoms. The first-order valence-electron chi connectivity index (χ1n) is 10.8. The normalized spacial score (nSPS) is 19.2. The van der Waals surface area contributed by atoms with E-state index in [4.69, 9.17) is 5.73 Å². The van der Waals surface area contributed by atoms with Crippen molar-refractivity contribution in [3.63, 3.8) is 0 Å². The molecule has 0 spiro atoms. The number of allylic oxidation sites excluding steroid dienone is 1. The van der Waals surface area contributed by atoms with Gasteiger partial charge in [-0.2, -0.15) is 5.26 Å². The number of hydrogen-bond acceptors (Lipinski definition) is 7. The van der Waals surface area contributed by atoms with Crippen LogP contribution in [0.2, 0.25) is 0 Å². The Morgan fingerprint density at radius 3 is 2.44 bits per heavy atom. The van der Waals surface area contributed by atoms with Crippen molar-refractivity contribution in [2.45, 2.75) is 24.1 Å². The number of nitriles is 1. The van der Waals surface area contributed by atoms with Crippen molar-refractivity contribution in [2.24, 2.45) is 5.73 Å². The molecule has 0 radical (unpaired) electrons. The van der Waals surface area contributed by atoms with E-state index in [2.05, 4.69) is 10.1 Å². The summed E-state index contributed by atoms with van der Waals surface area (Å²) in [5.74, 6) is -5.90. The van der Waals surface area contributed by atoms with Gasteiger partial charge in [0.05, 0.1) is 41.7 Å². The van der Waals surface area contributed by atoms with Gasteiger partial charge >= 0.3 is 5.97 Å². The van der Waals surface area contributed by atoms with Gasteiger partial charge in [0.15, 0.2) is 0 Å². The number of nitrogens with two attached hydrogens (primary N) is 1. The Bertz CT molecular complexity index is 1330. The number of carbonyl (C=O) groups is 3. The van der Waals surface area contributed by atoms with Crippen molar-refractivity contribution in [1.82, 2.24) is 10.2 Å². The number of halogens is 2. The number of fused-ring (bicyclic) bond motifs is 1. The number of methoxy groups -OCH3 is 1. The maximum atomic E-state index is 15.0. The molecule has 0 saturated carbocycles. The zero-order chi connectivity index (χ0) is 26.0. The number of esters is 1. The smallest absolute Gasteiger partial charge is 0.307 e. The predicted octanol–water partition coefficient (Wildman–Crippen LogP) is 2.79. The molecule has 11 heteroatoms. The second-order valence-corrected chi connectivity index (χ2v) is 9.12. The highest BCUT2D eigenvalue weighted by atomic mass is 32.2. The van der Waals surface area contributed by atoms with Crippen LogP contribution < -0.4 is 11.1 Å². The minimum atomic E-state index is -1.52. The summed E-state index contributed by atoms with van der Waals surface area (Å²) in [6.07, 6.45) is -0.327. The highest BCUT2D eigenvalue weighted by molar-refractivity contribution is 8.04. The summed E-state index contributed by atoms with van der Waals surface area (Å²) >= 11 is 0.857. The summed E-state index contributed by atoms with van der Waals surface area (Å²) in [7, 11) is 1.17. The maximum absolute atomic E-state index is 15.0. The monoisotopic (exact) mass is 510 g/mol. The number of hydrogen-bond donors (Lipinski definition) is 2. The van der Waals surface area contributed by atoms with E-state index < -0.39 is 46.1 Å². The molecule has 2 aromatic carbocycles. The zero-order valence-electron chi connectivity index (χ0n) is 19.0. The average Bonchev–Trinajstić information content (AvgIpc) is 3.18. The van der Waals surface area contributed by atoms with Gasteiger partial charge < -0.3 is 15.8 Å². The minimum absolute atomic E-state index is 0.00335. The molecular weight excluding hydrogens is 490 g/mol. The number of carbonyl (C=O) groups excluding carboxylic acids is 3. The van der Waals surface area contributed by atoms with E-state index in [0.717, 1.165) is 40.4 Å². The fraction of sp³-hybridized carbons (Fsp3) is 0.200. The lowest BCUT2D eigenvalue weighted by Gasteiger charge is -2.32. The number of nitrogens with one attached hydrogen (secondary N) is 1. The summed E-state index contributed by atoms with van der Waals surface area (Å²) in [6, 6.07) is 13.9. The number of amides is 2. The van der Waals surface area contributed by atoms with Gasteiger partial charge in [0.1, 0.15) is 22.7 Å². The Morgan fingerprint density at radius 1 is 1.17 bits per heavy atom. The molecular formula is C25H20F2N4O4S. The second-order valence-electron chi connectivity index (χ2n) is 7.93. The fourth-order valence-electron chi connectivity index (χ4n) is 4.09. The van der Waals surface area contributed by atoms with Gasteiger partial charge in [0, 0.05) is 12.1 Å². The number of nitrogens with zero attached hydrogens (tertiary/aromatic N) is 2. The Kier molecular flexibility index (Phi) is 7.07. The van der Waals surface area contributed by atoms with Crippen LogP contribution in [0.4, 0.5) is 8.78 Å². The largest absolute Gasteiger partial charge is 0.469 e. The van der Waals surface area contributed by atoms with E-state index in [9.17, 15) is 28.4 Å². The molecule has 8 nitrogen and oxygen atoms in total. The molecule has 1 saturated heterocycles. The van der Waals surface area contributed by atoms with Gasteiger partial charge in [-0.1, -0.05) is 48.2 Å². The number of benzene rings is 2. The van der Waals surface area contributed by atoms with E-state index in [1.807, 2.05) is 6.07 Å². The van der Waals surface area contributed by atoms with Gasteiger partial charge in [-0.05, 0) is 17.7 Å². The second kappa shape index (κ2) is 10.2. The van der Waals surface area contributed by atoms with Crippen molar-refractivity contribution in [2.75, 3.05) is 7.11 Å². The van der Waals surface area contributed by atoms with Crippen LogP contribution in [0.3, 0.4) is 0 Å². The van der Waals surface area contributed by atoms with Crippen molar-refractivity contribution >= 4 is 29.5 Å². The van der Waals surface area contributed by atoms with Gasteiger partial charge in [0.2, 0.25) is 5.91 Å². The standard InChI is InChI=1S/C25H20F2N4O4S/c1-35-18(32)10-17-24(34)31-22(29)14(11-28)19(20-15(26)8-5-9-16(20)27)21(25(31)36-17)23(33)30-12-13-6-3-2-4-7-13/h2-9,17,19H,10,12,29H2,1H3,(H,30,33)/t17-,19+/m0/s1. The molecule has 0 aliphatic carbocycles. The molecule has 2 aromatic rings. The average molecular weight is 511 g/mol. The molecule has 4 rings (SSSR count). The van der Waals surface area contributed by atoms with Gasteiger partial charge in [-0.15, -0.1) is 0 Å². The third-order valence-corrected chi connectivity index (χ3v) is 7.09. The summed E-state index contributed by atoms with van der Waals surface area (Å²) in [4.78, 5) is 39.5. The number of ether oxygens (including phenoxy) is 1. The molecule has 2 amide bonds. The van der Waals surface area contributed by atoms with E-state index in [0.29, 0.717) is 0 Å². The van der Waals surface area contributed by atoms with Crippen LogP contribution in [0.25, 0.3) is 0 Å². The topological polar surface area (TPSA) is 126 Å². The Labute approximate surface area is 209 Å². The van der Waals surface area contributed by atoms with Crippen LogP contribution in [-0.2, 0) is 25.7 Å². The van der Waals surface area contributed by atoms with Crippen molar-refractivity contribution in [3.05, 3.63) is 93.3 Å². The fourth-order valence-corrected chi connectivity index (χ4v) is 5.42. The first kappa shape index (κ1) is 24.9. The third-order valence-electron chi connectivity index (χ3n) is 5.81. The van der Waals surface area contributed by atoms with Gasteiger partial charge in [0.25, 0.3) is 5.91 Å². The third kappa shape index (κ3) is 4.43. The lowest BCUT2D eigenvalue weighted by Crippen LogP contribution is -2.40. The molecule has 3 N–H and O–H groups in total. The van der Waals surface area contributed by atoms with Crippen LogP contribution in [0.5, 0.6) is 0 Å². The number of rotatable bonds is 6. The van der Waals surface area contributed by atoms with Gasteiger partial charge in [-0.25, -0.2) is 8.78 Å². The molecule has 1 fully saturated rings. The van der Waals surface area contributed by atoms with Crippen molar-refractivity contribution in [1.29, 1.82) is 5.26 Å². The van der Waals surface area contributed by atoms with Crippen LogP contribution in [0.15, 0.2) is 70.5 Å². The summed E-state index contributed by atoms with van der Waals surface area (Å²) in [6.45, 7) is 0.0776. The summed E-state index contributed by atoms with van der Waals surface area (Å²) < 4.78 is 34.6. The van der Waals surface area contributed by atoms with Crippen LogP contribution in [0.1, 0.15) is 23.5 Å². The number of thioether (sulfide) groups is 1. The quantitative estimate of drug-likeness (QED) is 0.573. The Morgan fingerprint density at radius 2 is 1.83 bits per heavy atom. The summed E-state index contributed by atoms with van der Waals surface area (Å²) in [5.41, 5.74) is 5.80. The van der Waals surface area contributed by atoms with E-state index in [-0.39, 0.29) is 35.0 Å². The molecule has 0 aromatic heterocycles. The van der Waals surface area contributed by atoms with Gasteiger partial charge in [-0.3, -0.25) is 19.3 Å².